The Labute approximate surface area is 137 Å². The van der Waals surface area contributed by atoms with Gasteiger partial charge in [0.25, 0.3) is 0 Å². The van der Waals surface area contributed by atoms with Crippen LogP contribution in [0.3, 0.4) is 0 Å². The molecule has 0 amide bonds. The van der Waals surface area contributed by atoms with Crippen LogP contribution in [0.5, 0.6) is 0 Å². The van der Waals surface area contributed by atoms with E-state index in [1.807, 2.05) is 57.2 Å². The SMILES string of the molecule is CC(C)(C)[S@@](=O)N[C@@H](c1ccccc1)c1ccccc1Br. The van der Waals surface area contributed by atoms with Crippen LogP contribution in [0.15, 0.2) is 59.1 Å². The van der Waals surface area contributed by atoms with Gasteiger partial charge in [0.05, 0.1) is 21.8 Å². The Morgan fingerprint density at radius 3 is 2.14 bits per heavy atom. The number of hydrogen-bond acceptors (Lipinski definition) is 1. The van der Waals surface area contributed by atoms with Crippen LogP contribution in [0.25, 0.3) is 0 Å². The second-order valence-corrected chi connectivity index (χ2v) is 8.72. The third-order valence-electron chi connectivity index (χ3n) is 3.13. The predicted molar refractivity (Wildman–Crippen MR) is 93.5 cm³/mol. The van der Waals surface area contributed by atoms with Gasteiger partial charge < -0.3 is 0 Å². The van der Waals surface area contributed by atoms with Gasteiger partial charge in [-0.3, -0.25) is 0 Å². The molecule has 0 spiro atoms. The third-order valence-corrected chi connectivity index (χ3v) is 5.41. The summed E-state index contributed by atoms with van der Waals surface area (Å²) in [6.45, 7) is 5.91. The lowest BCUT2D eigenvalue weighted by atomic mass is 10.00. The summed E-state index contributed by atoms with van der Waals surface area (Å²) in [6, 6.07) is 18.0. The summed E-state index contributed by atoms with van der Waals surface area (Å²) in [4.78, 5) is 0. The van der Waals surface area contributed by atoms with Crippen LogP contribution in [-0.2, 0) is 11.0 Å². The van der Waals surface area contributed by atoms with Crippen LogP contribution in [-0.4, -0.2) is 8.96 Å². The number of halogens is 1. The summed E-state index contributed by atoms with van der Waals surface area (Å²) >= 11 is 3.60. The second-order valence-electron chi connectivity index (χ2n) is 5.86. The number of nitrogens with one attached hydrogen (secondary N) is 1. The highest BCUT2D eigenvalue weighted by Crippen LogP contribution is 2.29. The van der Waals surface area contributed by atoms with E-state index >= 15 is 0 Å². The highest BCUT2D eigenvalue weighted by atomic mass is 79.9. The van der Waals surface area contributed by atoms with Crippen molar-refractivity contribution in [2.45, 2.75) is 31.6 Å². The quantitative estimate of drug-likeness (QED) is 0.843. The van der Waals surface area contributed by atoms with E-state index in [0.29, 0.717) is 0 Å². The Balaban J connectivity index is 2.41. The largest absolute Gasteiger partial charge is 0.242 e. The van der Waals surface area contributed by atoms with Gasteiger partial charge in [0.15, 0.2) is 0 Å². The molecule has 1 N–H and O–H groups in total. The van der Waals surface area contributed by atoms with Crippen molar-refractivity contribution in [3.8, 4) is 0 Å². The third kappa shape index (κ3) is 4.25. The van der Waals surface area contributed by atoms with E-state index in [4.69, 9.17) is 0 Å². The standard InChI is InChI=1S/C17H20BrNOS/c1-17(2,3)21(20)19-16(13-9-5-4-6-10-13)14-11-7-8-12-15(14)18/h4-12,16,19H,1-3H3/t16-,21+/m0/s1. The molecule has 2 rings (SSSR count). The first-order valence-corrected chi connectivity index (χ1v) is 8.81. The lowest BCUT2D eigenvalue weighted by molar-refractivity contribution is 0.623. The van der Waals surface area contributed by atoms with Crippen LogP contribution in [0.4, 0.5) is 0 Å². The van der Waals surface area contributed by atoms with Gasteiger partial charge in [-0.15, -0.1) is 0 Å². The Bertz CT molecular complexity index is 622. The zero-order valence-electron chi connectivity index (χ0n) is 12.5. The van der Waals surface area contributed by atoms with Gasteiger partial charge in [-0.05, 0) is 38.0 Å². The topological polar surface area (TPSA) is 29.1 Å². The maximum atomic E-state index is 12.5. The summed E-state index contributed by atoms with van der Waals surface area (Å²) in [5.41, 5.74) is 2.18. The fraction of sp³-hybridized carbons (Fsp3) is 0.294. The molecule has 0 unspecified atom stereocenters. The second kappa shape index (κ2) is 6.86. The molecule has 0 fully saturated rings. The molecule has 0 aliphatic heterocycles. The summed E-state index contributed by atoms with van der Waals surface area (Å²) in [5, 5.41) is 0. The highest BCUT2D eigenvalue weighted by Gasteiger charge is 2.25. The first kappa shape index (κ1) is 16.4. The van der Waals surface area contributed by atoms with E-state index in [2.05, 4.69) is 38.9 Å². The number of rotatable bonds is 4. The molecule has 21 heavy (non-hydrogen) atoms. The first-order valence-electron chi connectivity index (χ1n) is 6.87. The van der Waals surface area contributed by atoms with Crippen molar-refractivity contribution in [1.82, 2.24) is 4.72 Å². The van der Waals surface area contributed by atoms with E-state index in [1.54, 1.807) is 0 Å². The summed E-state index contributed by atoms with van der Waals surface area (Å²) in [5.74, 6) is 0. The Hall–Kier alpha value is -0.970. The molecule has 0 aliphatic rings. The monoisotopic (exact) mass is 365 g/mol. The highest BCUT2D eigenvalue weighted by molar-refractivity contribution is 9.10. The van der Waals surface area contributed by atoms with Crippen LogP contribution in [0, 0.1) is 0 Å². The minimum absolute atomic E-state index is 0.109. The Morgan fingerprint density at radius 2 is 1.57 bits per heavy atom. The van der Waals surface area contributed by atoms with Crippen LogP contribution in [0.1, 0.15) is 37.9 Å². The zero-order valence-corrected chi connectivity index (χ0v) is 14.9. The molecule has 2 atom stereocenters. The van der Waals surface area contributed by atoms with E-state index in [1.165, 1.54) is 0 Å². The molecule has 2 aromatic rings. The van der Waals surface area contributed by atoms with E-state index < -0.39 is 11.0 Å². The molecule has 0 radical (unpaired) electrons. The minimum Gasteiger partial charge on any atom is -0.242 e. The van der Waals surface area contributed by atoms with Crippen molar-refractivity contribution in [1.29, 1.82) is 0 Å². The van der Waals surface area contributed by atoms with Gasteiger partial charge in [-0.2, -0.15) is 0 Å². The van der Waals surface area contributed by atoms with E-state index in [0.717, 1.165) is 15.6 Å². The van der Waals surface area contributed by atoms with Gasteiger partial charge in [0.1, 0.15) is 0 Å². The molecule has 112 valence electrons. The zero-order chi connectivity index (χ0) is 15.5. The molecular weight excluding hydrogens is 346 g/mol. The number of benzene rings is 2. The van der Waals surface area contributed by atoms with Crippen molar-refractivity contribution in [3.63, 3.8) is 0 Å². The van der Waals surface area contributed by atoms with Gasteiger partial charge >= 0.3 is 0 Å². The fourth-order valence-corrected chi connectivity index (χ4v) is 3.29. The van der Waals surface area contributed by atoms with Crippen molar-refractivity contribution in [2.24, 2.45) is 0 Å². The summed E-state index contributed by atoms with van der Waals surface area (Å²) in [7, 11) is -1.15. The van der Waals surface area contributed by atoms with Crippen LogP contribution >= 0.6 is 15.9 Å². The van der Waals surface area contributed by atoms with Gasteiger partial charge in [0, 0.05) is 4.47 Å². The van der Waals surface area contributed by atoms with Crippen LogP contribution < -0.4 is 4.72 Å². The maximum absolute atomic E-state index is 12.5. The van der Waals surface area contributed by atoms with Gasteiger partial charge in [-0.1, -0.05) is 64.5 Å². The van der Waals surface area contributed by atoms with Crippen molar-refractivity contribution < 1.29 is 4.21 Å². The fourth-order valence-electron chi connectivity index (χ4n) is 1.95. The average molecular weight is 366 g/mol. The van der Waals surface area contributed by atoms with Crippen LogP contribution in [0.2, 0.25) is 0 Å². The molecule has 2 nitrogen and oxygen atoms in total. The Morgan fingerprint density at radius 1 is 1.00 bits per heavy atom. The molecular formula is C17H20BrNOS. The first-order chi connectivity index (χ1) is 9.89. The van der Waals surface area contributed by atoms with Crippen molar-refractivity contribution in [3.05, 3.63) is 70.2 Å². The molecule has 0 aliphatic carbocycles. The molecule has 0 aromatic heterocycles. The van der Waals surface area contributed by atoms with Gasteiger partial charge in [-0.25, -0.2) is 8.93 Å². The molecule has 0 bridgehead atoms. The molecule has 0 saturated heterocycles. The molecule has 2 aromatic carbocycles. The Kier molecular flexibility index (Phi) is 5.36. The summed E-state index contributed by atoms with van der Waals surface area (Å²) < 4.78 is 16.5. The normalized spacial score (nSPS) is 14.7. The molecule has 4 heteroatoms. The van der Waals surface area contributed by atoms with E-state index in [-0.39, 0.29) is 10.8 Å². The number of hydrogen-bond donors (Lipinski definition) is 1. The summed E-state index contributed by atoms with van der Waals surface area (Å²) in [6.07, 6.45) is 0. The van der Waals surface area contributed by atoms with Crippen molar-refractivity contribution >= 4 is 26.9 Å². The maximum Gasteiger partial charge on any atom is 0.0979 e. The lowest BCUT2D eigenvalue weighted by Gasteiger charge is -2.25. The molecule has 0 saturated carbocycles. The van der Waals surface area contributed by atoms with Crippen molar-refractivity contribution in [2.75, 3.05) is 0 Å². The predicted octanol–water partition coefficient (Wildman–Crippen LogP) is 4.59. The average Bonchev–Trinajstić information content (AvgIpc) is 2.45. The smallest absolute Gasteiger partial charge is 0.0979 e. The molecule has 0 heterocycles. The van der Waals surface area contributed by atoms with Gasteiger partial charge in [0.2, 0.25) is 0 Å². The lowest BCUT2D eigenvalue weighted by Crippen LogP contribution is -2.36. The van der Waals surface area contributed by atoms with E-state index in [9.17, 15) is 4.21 Å². The minimum atomic E-state index is -1.15.